The second-order valence-corrected chi connectivity index (χ2v) is 18.2. The zero-order chi connectivity index (χ0) is 49.6. The molecule has 0 spiro atoms. The van der Waals surface area contributed by atoms with E-state index in [9.17, 15) is 35.1 Å². The predicted molar refractivity (Wildman–Crippen MR) is 278 cm³/mol. The zero-order valence-electron chi connectivity index (χ0n) is 42.5. The van der Waals surface area contributed by atoms with Crippen LogP contribution in [0, 0.1) is 0 Å². The molecule has 0 aliphatic carbocycles. The van der Waals surface area contributed by atoms with Gasteiger partial charge in [-0.3, -0.25) is 9.59 Å². The third-order valence-electron chi connectivity index (χ3n) is 12.0. The number of hydrogen-bond donors (Lipinski definition) is 6. The van der Waals surface area contributed by atoms with Crippen LogP contribution in [0.5, 0.6) is 0 Å². The third kappa shape index (κ3) is 35.9. The van der Waals surface area contributed by atoms with Crippen LogP contribution >= 0.6 is 0 Å². The van der Waals surface area contributed by atoms with Crippen molar-refractivity contribution in [2.45, 2.75) is 243 Å². The number of hydrogen-bond acceptors (Lipinski definition) is 10. The number of unbranched alkanes of at least 4 members (excludes halogenated alkanes) is 19. The molecule has 1 rings (SSSR count). The van der Waals surface area contributed by atoms with Crippen LogP contribution in [0.15, 0.2) is 85.1 Å². The third-order valence-corrected chi connectivity index (χ3v) is 12.0. The molecule has 1 aliphatic rings. The van der Waals surface area contributed by atoms with E-state index < -0.39 is 49.5 Å². The highest BCUT2D eigenvalue weighted by Crippen LogP contribution is 2.22. The molecule has 0 radical (unpaired) electrons. The molecule has 1 aliphatic heterocycles. The van der Waals surface area contributed by atoms with E-state index >= 15 is 0 Å². The normalized spacial score (nSPS) is 20.1. The van der Waals surface area contributed by atoms with Gasteiger partial charge in [-0.15, -0.1) is 0 Å². The lowest BCUT2D eigenvalue weighted by Crippen LogP contribution is -2.60. The number of ether oxygens (including phenoxy) is 3. The zero-order valence-corrected chi connectivity index (χ0v) is 42.5. The first-order valence-electron chi connectivity index (χ1n) is 26.9. The molecule has 0 bridgehead atoms. The summed E-state index contributed by atoms with van der Waals surface area (Å²) in [5, 5.41) is 54.1. The van der Waals surface area contributed by atoms with Gasteiger partial charge in [0.1, 0.15) is 24.4 Å². The lowest BCUT2D eigenvalue weighted by atomic mass is 9.99. The molecule has 390 valence electrons. The van der Waals surface area contributed by atoms with Crippen molar-refractivity contribution in [1.82, 2.24) is 5.32 Å². The van der Waals surface area contributed by atoms with Crippen LogP contribution in [0.4, 0.5) is 0 Å². The van der Waals surface area contributed by atoms with Gasteiger partial charge in [0.25, 0.3) is 0 Å². The first-order valence-corrected chi connectivity index (χ1v) is 26.9. The number of aliphatic hydroxyl groups excluding tert-OH is 5. The van der Waals surface area contributed by atoms with E-state index in [1.165, 1.54) is 44.9 Å². The van der Waals surface area contributed by atoms with E-state index in [1.54, 1.807) is 6.08 Å². The van der Waals surface area contributed by atoms with Crippen molar-refractivity contribution in [3.05, 3.63) is 85.1 Å². The van der Waals surface area contributed by atoms with E-state index in [-0.39, 0.29) is 18.5 Å². The van der Waals surface area contributed by atoms with Gasteiger partial charge in [-0.2, -0.15) is 0 Å². The van der Waals surface area contributed by atoms with Gasteiger partial charge in [-0.25, -0.2) is 0 Å². The standard InChI is InChI=1S/C57H97NO10/c1-3-5-7-9-11-13-15-16-18-22-25-29-33-37-41-45-53(62)66-46-42-38-34-30-26-23-20-17-19-21-24-28-32-36-40-44-52(61)58-49(48-67-57-56(65)55(64)54(63)51(47-59)68-57)50(60)43-39-35-31-27-14-12-10-8-6-4-2/h6,8,11,13-14,16-18,20,23,26-27,39,43,49-51,54-57,59-60,63-65H,3-5,7,9-10,12,15,19,21-22,24-25,28-38,40-42,44-48H2,1-2H3,(H,58,61)/b8-6+,13-11-,18-16-,20-17-,26-23-,27-14+,43-39+. The topological polar surface area (TPSA) is 175 Å². The van der Waals surface area contributed by atoms with Crippen LogP contribution < -0.4 is 5.32 Å². The fourth-order valence-corrected chi connectivity index (χ4v) is 7.67. The van der Waals surface area contributed by atoms with Crippen molar-refractivity contribution in [3.63, 3.8) is 0 Å². The Morgan fingerprint density at radius 2 is 1.09 bits per heavy atom. The molecule has 0 saturated carbocycles. The maximum absolute atomic E-state index is 13.0. The van der Waals surface area contributed by atoms with E-state index in [0.717, 1.165) is 116 Å². The van der Waals surface area contributed by atoms with Gasteiger partial charge in [0.05, 0.1) is 32.0 Å². The molecule has 6 N–H and O–H groups in total. The summed E-state index contributed by atoms with van der Waals surface area (Å²) in [6.45, 7) is 4.06. The molecule has 0 aromatic heterocycles. The van der Waals surface area contributed by atoms with Crippen LogP contribution in [0.25, 0.3) is 0 Å². The Bertz CT molecular complexity index is 1400. The minimum Gasteiger partial charge on any atom is -0.466 e. The minimum absolute atomic E-state index is 0.0583. The summed E-state index contributed by atoms with van der Waals surface area (Å²) < 4.78 is 16.6. The van der Waals surface area contributed by atoms with Gasteiger partial charge in [-0.1, -0.05) is 157 Å². The van der Waals surface area contributed by atoms with Crippen molar-refractivity contribution in [3.8, 4) is 0 Å². The largest absolute Gasteiger partial charge is 0.466 e. The monoisotopic (exact) mass is 956 g/mol. The number of carbonyl (C=O) groups excluding carboxylic acids is 2. The molecule has 7 unspecified atom stereocenters. The smallest absolute Gasteiger partial charge is 0.305 e. The Morgan fingerprint density at radius 1 is 0.574 bits per heavy atom. The highest BCUT2D eigenvalue weighted by molar-refractivity contribution is 5.76. The Hall–Kier alpha value is -3.16. The van der Waals surface area contributed by atoms with Gasteiger partial charge < -0.3 is 45.1 Å². The van der Waals surface area contributed by atoms with Gasteiger partial charge >= 0.3 is 5.97 Å². The second kappa shape index (κ2) is 46.2. The summed E-state index contributed by atoms with van der Waals surface area (Å²) in [4.78, 5) is 25.0. The lowest BCUT2D eigenvalue weighted by molar-refractivity contribution is -0.302. The molecule has 11 nitrogen and oxygen atoms in total. The molecule has 11 heteroatoms. The molecule has 1 fully saturated rings. The van der Waals surface area contributed by atoms with Gasteiger partial charge in [-0.05, 0) is 116 Å². The van der Waals surface area contributed by atoms with Crippen molar-refractivity contribution in [2.24, 2.45) is 0 Å². The van der Waals surface area contributed by atoms with Crippen molar-refractivity contribution >= 4 is 11.9 Å². The number of nitrogens with one attached hydrogen (secondary N) is 1. The summed E-state index contributed by atoms with van der Waals surface area (Å²) in [7, 11) is 0. The van der Waals surface area contributed by atoms with Crippen LogP contribution in [-0.4, -0.2) is 100 Å². The molecule has 68 heavy (non-hydrogen) atoms. The second-order valence-electron chi connectivity index (χ2n) is 18.2. The molecule has 1 heterocycles. The maximum Gasteiger partial charge on any atom is 0.305 e. The quantitative estimate of drug-likeness (QED) is 0.0149. The van der Waals surface area contributed by atoms with Crippen molar-refractivity contribution in [2.75, 3.05) is 19.8 Å². The predicted octanol–water partition coefficient (Wildman–Crippen LogP) is 11.4. The van der Waals surface area contributed by atoms with Gasteiger partial charge in [0.2, 0.25) is 5.91 Å². The highest BCUT2D eigenvalue weighted by atomic mass is 16.7. The molecule has 0 aromatic carbocycles. The first kappa shape index (κ1) is 62.9. The van der Waals surface area contributed by atoms with Crippen LogP contribution in [0.2, 0.25) is 0 Å². The average Bonchev–Trinajstić information content (AvgIpc) is 3.33. The fraction of sp³-hybridized carbons (Fsp3) is 0.719. The fourth-order valence-electron chi connectivity index (χ4n) is 7.67. The van der Waals surface area contributed by atoms with E-state index in [0.29, 0.717) is 32.3 Å². The number of aliphatic hydroxyl groups is 5. The molecule has 0 aromatic rings. The summed E-state index contributed by atoms with van der Waals surface area (Å²) in [6.07, 6.45) is 51.1. The summed E-state index contributed by atoms with van der Waals surface area (Å²) in [5.41, 5.74) is 0. The Balaban J connectivity index is 2.16. The summed E-state index contributed by atoms with van der Waals surface area (Å²) in [6, 6.07) is -0.853. The SMILES string of the molecule is CC/C=C/CC/C=C/CC/C=C/C(O)C(COC1OC(CO)C(O)C(O)C1O)NC(=O)CCCCCCCC/C=C\C=C/CCCCCOC(=O)CCCCCCC/C=C\C/C=C\CCCCC. The number of rotatable bonds is 44. The lowest BCUT2D eigenvalue weighted by Gasteiger charge is -2.40. The Morgan fingerprint density at radius 3 is 1.69 bits per heavy atom. The number of amides is 1. The number of carbonyl (C=O) groups is 2. The Labute approximate surface area is 413 Å². The van der Waals surface area contributed by atoms with E-state index in [2.05, 4.69) is 92.1 Å². The van der Waals surface area contributed by atoms with Crippen LogP contribution in [0.3, 0.4) is 0 Å². The first-order chi connectivity index (χ1) is 33.2. The van der Waals surface area contributed by atoms with Gasteiger partial charge in [0.15, 0.2) is 6.29 Å². The van der Waals surface area contributed by atoms with Crippen molar-refractivity contribution in [1.29, 1.82) is 0 Å². The molecular formula is C57H97NO10. The van der Waals surface area contributed by atoms with E-state index in [1.807, 2.05) is 6.08 Å². The highest BCUT2D eigenvalue weighted by Gasteiger charge is 2.44. The number of esters is 1. The number of allylic oxidation sites excluding steroid dienone is 13. The van der Waals surface area contributed by atoms with Crippen LogP contribution in [-0.2, 0) is 23.8 Å². The van der Waals surface area contributed by atoms with E-state index in [4.69, 9.17) is 14.2 Å². The molecule has 7 atom stereocenters. The van der Waals surface area contributed by atoms with Gasteiger partial charge in [0, 0.05) is 12.8 Å². The van der Waals surface area contributed by atoms with Crippen LogP contribution in [0.1, 0.15) is 200 Å². The van der Waals surface area contributed by atoms with Crippen molar-refractivity contribution < 1.29 is 49.3 Å². The average molecular weight is 956 g/mol. The molecular weight excluding hydrogens is 859 g/mol. The Kier molecular flexibility index (Phi) is 42.7. The summed E-state index contributed by atoms with van der Waals surface area (Å²) >= 11 is 0. The minimum atomic E-state index is -1.59. The molecule has 1 saturated heterocycles. The maximum atomic E-state index is 13.0. The molecule has 1 amide bonds. The summed E-state index contributed by atoms with van der Waals surface area (Å²) in [5.74, 6) is -0.283.